The van der Waals surface area contributed by atoms with Crippen LogP contribution in [0.4, 0.5) is 5.82 Å². The molecule has 1 aliphatic rings. The van der Waals surface area contributed by atoms with E-state index in [-0.39, 0.29) is 5.91 Å². The Bertz CT molecular complexity index is 489. The minimum Gasteiger partial charge on any atom is -0.398 e. The van der Waals surface area contributed by atoms with Gasteiger partial charge in [-0.2, -0.15) is 0 Å². The molecule has 0 bridgehead atoms. The monoisotopic (exact) mass is 263 g/mol. The number of rotatable bonds is 2. The Morgan fingerprint density at radius 1 is 1.21 bits per heavy atom. The summed E-state index contributed by atoms with van der Waals surface area (Å²) in [6.07, 6.45) is 3.06. The van der Waals surface area contributed by atoms with Gasteiger partial charge in [-0.3, -0.25) is 9.78 Å². The second-order valence-electron chi connectivity index (χ2n) is 5.60. The van der Waals surface area contributed by atoms with Gasteiger partial charge in [0.1, 0.15) is 0 Å². The van der Waals surface area contributed by atoms with E-state index in [1.807, 2.05) is 27.7 Å². The molecule has 1 saturated heterocycles. The van der Waals surface area contributed by atoms with Gasteiger partial charge in [0.2, 0.25) is 5.91 Å². The highest BCUT2D eigenvalue weighted by molar-refractivity contribution is 6.61. The quantitative estimate of drug-likeness (QED) is 0.796. The molecule has 0 spiro atoms. The zero-order chi connectivity index (χ0) is 14.3. The smallest absolute Gasteiger partial charge is 0.398 e. The predicted molar refractivity (Wildman–Crippen MR) is 72.1 cm³/mol. The second kappa shape index (κ2) is 4.57. The molecule has 1 aliphatic heterocycles. The van der Waals surface area contributed by atoms with Gasteiger partial charge in [-0.1, -0.05) is 0 Å². The standard InChI is InChI=1S/C12H18BN3O3/c1-8(17)15-10-7-14-6-9(16-10)13-18-11(2,3)12(4,5)19-13/h6-7H,1-5H3,(H,15,16,17). The predicted octanol–water partition coefficient (Wildman–Crippen LogP) is 0.734. The number of hydrogen-bond acceptors (Lipinski definition) is 5. The van der Waals surface area contributed by atoms with E-state index in [1.165, 1.54) is 13.1 Å². The molecule has 1 aromatic rings. The van der Waals surface area contributed by atoms with Crippen molar-refractivity contribution in [1.82, 2.24) is 9.97 Å². The molecular weight excluding hydrogens is 245 g/mol. The summed E-state index contributed by atoms with van der Waals surface area (Å²) in [5.41, 5.74) is -0.308. The maximum atomic E-state index is 11.0. The van der Waals surface area contributed by atoms with Gasteiger partial charge >= 0.3 is 7.12 Å². The molecule has 0 aromatic carbocycles. The largest absolute Gasteiger partial charge is 0.516 e. The molecule has 7 heteroatoms. The van der Waals surface area contributed by atoms with Crippen LogP contribution in [0.15, 0.2) is 12.4 Å². The average molecular weight is 263 g/mol. The van der Waals surface area contributed by atoms with Crippen molar-refractivity contribution in [2.75, 3.05) is 5.32 Å². The number of anilines is 1. The lowest BCUT2D eigenvalue weighted by Crippen LogP contribution is -2.41. The van der Waals surface area contributed by atoms with Crippen LogP contribution < -0.4 is 10.9 Å². The first-order valence-electron chi connectivity index (χ1n) is 6.16. The first kappa shape index (κ1) is 14.0. The van der Waals surface area contributed by atoms with Crippen LogP contribution in [0.2, 0.25) is 0 Å². The van der Waals surface area contributed by atoms with Crippen LogP contribution in [0.5, 0.6) is 0 Å². The Morgan fingerprint density at radius 2 is 1.79 bits per heavy atom. The molecule has 0 atom stereocenters. The van der Waals surface area contributed by atoms with Crippen LogP contribution in [0.1, 0.15) is 34.6 Å². The summed E-state index contributed by atoms with van der Waals surface area (Å²) in [6, 6.07) is 0. The van der Waals surface area contributed by atoms with Crippen LogP contribution in [0, 0.1) is 0 Å². The Morgan fingerprint density at radius 3 is 2.32 bits per heavy atom. The molecular formula is C12H18BN3O3. The molecule has 0 unspecified atom stereocenters. The summed E-state index contributed by atoms with van der Waals surface area (Å²) in [7, 11) is -0.578. The fraction of sp³-hybridized carbons (Fsp3) is 0.583. The van der Waals surface area contributed by atoms with Gasteiger partial charge in [-0.25, -0.2) is 4.98 Å². The van der Waals surface area contributed by atoms with E-state index >= 15 is 0 Å². The third kappa shape index (κ3) is 2.77. The first-order valence-corrected chi connectivity index (χ1v) is 6.16. The van der Waals surface area contributed by atoms with Crippen LogP contribution in [0.25, 0.3) is 0 Å². The van der Waals surface area contributed by atoms with Crippen molar-refractivity contribution >= 4 is 24.4 Å². The lowest BCUT2D eigenvalue weighted by atomic mass is 9.85. The molecule has 1 aromatic heterocycles. The fourth-order valence-electron chi connectivity index (χ4n) is 1.70. The molecule has 0 radical (unpaired) electrons. The third-order valence-corrected chi connectivity index (χ3v) is 3.45. The number of nitrogens with one attached hydrogen (secondary N) is 1. The Labute approximate surface area is 113 Å². The minimum absolute atomic E-state index is 0.194. The molecule has 19 heavy (non-hydrogen) atoms. The van der Waals surface area contributed by atoms with Gasteiger partial charge in [-0.15, -0.1) is 0 Å². The average Bonchev–Trinajstić information content (AvgIpc) is 2.47. The van der Waals surface area contributed by atoms with Crippen LogP contribution in [-0.2, 0) is 14.1 Å². The summed E-state index contributed by atoms with van der Waals surface area (Å²) in [5.74, 6) is 0.195. The van der Waals surface area contributed by atoms with E-state index < -0.39 is 18.3 Å². The lowest BCUT2D eigenvalue weighted by molar-refractivity contribution is -0.114. The third-order valence-electron chi connectivity index (χ3n) is 3.45. The summed E-state index contributed by atoms with van der Waals surface area (Å²) >= 11 is 0. The van der Waals surface area contributed by atoms with Crippen molar-refractivity contribution in [3.05, 3.63) is 12.4 Å². The van der Waals surface area contributed by atoms with E-state index in [0.717, 1.165) is 0 Å². The minimum atomic E-state index is -0.578. The van der Waals surface area contributed by atoms with Crippen molar-refractivity contribution in [1.29, 1.82) is 0 Å². The molecule has 6 nitrogen and oxygen atoms in total. The van der Waals surface area contributed by atoms with E-state index in [1.54, 1.807) is 6.20 Å². The van der Waals surface area contributed by atoms with Gasteiger partial charge in [0.05, 0.1) is 23.0 Å². The number of hydrogen-bond donors (Lipinski definition) is 1. The topological polar surface area (TPSA) is 73.3 Å². The summed E-state index contributed by atoms with van der Waals surface area (Å²) in [6.45, 7) is 9.30. The fourth-order valence-corrected chi connectivity index (χ4v) is 1.70. The SMILES string of the molecule is CC(=O)Nc1cncc(B2OC(C)(C)C(C)(C)O2)n1. The maximum Gasteiger partial charge on any atom is 0.516 e. The highest BCUT2D eigenvalue weighted by atomic mass is 16.7. The molecule has 0 saturated carbocycles. The zero-order valence-electron chi connectivity index (χ0n) is 11.9. The second-order valence-corrected chi connectivity index (χ2v) is 5.60. The molecule has 1 fully saturated rings. The number of carbonyl (C=O) groups is 1. The van der Waals surface area contributed by atoms with E-state index in [9.17, 15) is 4.79 Å². The van der Waals surface area contributed by atoms with E-state index in [0.29, 0.717) is 11.4 Å². The first-order chi connectivity index (χ1) is 8.71. The van der Waals surface area contributed by atoms with Crippen LogP contribution >= 0.6 is 0 Å². The van der Waals surface area contributed by atoms with Gasteiger partial charge in [0.15, 0.2) is 5.82 Å². The summed E-state index contributed by atoms with van der Waals surface area (Å²) in [5, 5.41) is 2.59. The van der Waals surface area contributed by atoms with Crippen LogP contribution in [-0.4, -0.2) is 34.2 Å². The molecule has 102 valence electrons. The highest BCUT2D eigenvalue weighted by Gasteiger charge is 2.52. The zero-order valence-corrected chi connectivity index (χ0v) is 11.9. The van der Waals surface area contributed by atoms with Gasteiger partial charge < -0.3 is 14.6 Å². The van der Waals surface area contributed by atoms with Crippen molar-refractivity contribution in [3.8, 4) is 0 Å². The number of nitrogens with zero attached hydrogens (tertiary/aromatic N) is 2. The number of amides is 1. The number of carbonyl (C=O) groups excluding carboxylic acids is 1. The van der Waals surface area contributed by atoms with Crippen molar-refractivity contribution in [3.63, 3.8) is 0 Å². The van der Waals surface area contributed by atoms with Crippen molar-refractivity contribution in [2.45, 2.75) is 45.8 Å². The summed E-state index contributed by atoms with van der Waals surface area (Å²) < 4.78 is 11.7. The van der Waals surface area contributed by atoms with Gasteiger partial charge in [0.25, 0.3) is 0 Å². The Hall–Kier alpha value is -1.47. The van der Waals surface area contributed by atoms with Gasteiger partial charge in [0, 0.05) is 13.1 Å². The molecule has 0 aliphatic carbocycles. The van der Waals surface area contributed by atoms with E-state index in [4.69, 9.17) is 9.31 Å². The molecule has 1 amide bonds. The van der Waals surface area contributed by atoms with E-state index in [2.05, 4.69) is 15.3 Å². The Balaban J connectivity index is 2.22. The van der Waals surface area contributed by atoms with Crippen molar-refractivity contribution in [2.24, 2.45) is 0 Å². The Kier molecular flexibility index (Phi) is 3.36. The van der Waals surface area contributed by atoms with Gasteiger partial charge in [-0.05, 0) is 27.7 Å². The molecule has 1 N–H and O–H groups in total. The lowest BCUT2D eigenvalue weighted by Gasteiger charge is -2.32. The normalized spacial score (nSPS) is 20.4. The number of aromatic nitrogens is 2. The maximum absolute atomic E-state index is 11.0. The van der Waals surface area contributed by atoms with Crippen molar-refractivity contribution < 1.29 is 14.1 Å². The molecule has 2 rings (SSSR count). The molecule has 2 heterocycles. The summed E-state index contributed by atoms with van der Waals surface area (Å²) in [4.78, 5) is 19.3. The highest BCUT2D eigenvalue weighted by Crippen LogP contribution is 2.36. The van der Waals surface area contributed by atoms with Crippen LogP contribution in [0.3, 0.4) is 0 Å².